The van der Waals surface area contributed by atoms with Crippen molar-refractivity contribution in [2.24, 2.45) is 0 Å². The SMILES string of the molecule is C.C.C.C.C.C.CC(=O)O.CCOC(COCCOC(C)=O)COCCOC(C)=O. The monoisotopic (exact) mass is 448 g/mol. The Labute approximate surface area is 186 Å². The van der Waals surface area contributed by atoms with E-state index in [1.165, 1.54) is 13.8 Å². The van der Waals surface area contributed by atoms with Gasteiger partial charge in [0.25, 0.3) is 5.97 Å². The molecule has 0 rings (SSSR count). The molecule has 0 aromatic rings. The summed E-state index contributed by atoms with van der Waals surface area (Å²) in [5.74, 6) is -1.49. The van der Waals surface area contributed by atoms with Crippen LogP contribution in [0.25, 0.3) is 0 Å². The zero-order valence-corrected chi connectivity index (χ0v) is 14.7. The zero-order valence-electron chi connectivity index (χ0n) is 14.7. The van der Waals surface area contributed by atoms with Gasteiger partial charge in [0.15, 0.2) is 0 Å². The van der Waals surface area contributed by atoms with Crippen molar-refractivity contribution in [1.29, 1.82) is 0 Å². The molecule has 9 nitrogen and oxygen atoms in total. The Balaban J connectivity index is -0.0000000739. The number of aliphatic carboxylic acids is 1. The number of hydrogen-bond acceptors (Lipinski definition) is 8. The van der Waals surface area contributed by atoms with Crippen LogP contribution in [-0.2, 0) is 38.1 Å². The molecular formula is C21H52O9. The molecule has 190 valence electrons. The Morgan fingerprint density at radius 1 is 0.700 bits per heavy atom. The fraction of sp³-hybridized carbons (Fsp3) is 0.857. The average molecular weight is 449 g/mol. The maximum Gasteiger partial charge on any atom is 0.302 e. The summed E-state index contributed by atoms with van der Waals surface area (Å²) in [6.07, 6.45) is -0.199. The maximum absolute atomic E-state index is 10.5. The van der Waals surface area contributed by atoms with Gasteiger partial charge in [0.2, 0.25) is 0 Å². The third kappa shape index (κ3) is 56.2. The standard InChI is InChI=1S/C13H24O7.C2H4O2.6CH4/c1-4-18-13(9-16-5-7-19-11(2)14)10-17-6-8-20-12(3)15;1-2(3)4;;;;;;/h13H,4-10H2,1-3H3;1H3,(H,3,4);6*1H4. The first-order valence-corrected chi connectivity index (χ1v) is 7.52. The van der Waals surface area contributed by atoms with Crippen LogP contribution in [0.15, 0.2) is 0 Å². The zero-order chi connectivity index (χ0) is 18.8. The van der Waals surface area contributed by atoms with Crippen LogP contribution in [0.3, 0.4) is 0 Å². The molecule has 0 unspecified atom stereocenters. The lowest BCUT2D eigenvalue weighted by Crippen LogP contribution is -2.27. The molecule has 0 amide bonds. The molecular weight excluding hydrogens is 396 g/mol. The van der Waals surface area contributed by atoms with Gasteiger partial charge in [-0.2, -0.15) is 0 Å². The van der Waals surface area contributed by atoms with Crippen LogP contribution < -0.4 is 0 Å². The molecule has 0 heterocycles. The van der Waals surface area contributed by atoms with Gasteiger partial charge in [-0.15, -0.1) is 0 Å². The summed E-state index contributed by atoms with van der Waals surface area (Å²) in [4.78, 5) is 30.1. The van der Waals surface area contributed by atoms with Gasteiger partial charge < -0.3 is 28.8 Å². The summed E-state index contributed by atoms with van der Waals surface area (Å²) < 4.78 is 25.6. The lowest BCUT2D eigenvalue weighted by molar-refractivity contribution is -0.143. The minimum absolute atomic E-state index is 0. The smallest absolute Gasteiger partial charge is 0.302 e. The lowest BCUT2D eigenvalue weighted by Gasteiger charge is -2.17. The van der Waals surface area contributed by atoms with Gasteiger partial charge >= 0.3 is 11.9 Å². The Morgan fingerprint density at radius 2 is 1.00 bits per heavy atom. The molecule has 0 aliphatic carbocycles. The van der Waals surface area contributed by atoms with Crippen LogP contribution in [-0.4, -0.2) is 75.4 Å². The molecule has 0 aliphatic heterocycles. The molecule has 30 heavy (non-hydrogen) atoms. The predicted octanol–water partition coefficient (Wildman–Crippen LogP) is 4.46. The first-order valence-electron chi connectivity index (χ1n) is 7.52. The Morgan fingerprint density at radius 3 is 1.23 bits per heavy atom. The number of hydrogen-bond donors (Lipinski definition) is 1. The van der Waals surface area contributed by atoms with Crippen molar-refractivity contribution in [2.45, 2.75) is 78.4 Å². The molecule has 0 atom stereocenters. The van der Waals surface area contributed by atoms with Crippen LogP contribution in [0.4, 0.5) is 0 Å². The van der Waals surface area contributed by atoms with Gasteiger partial charge in [-0.1, -0.05) is 44.6 Å². The van der Waals surface area contributed by atoms with Crippen LogP contribution in [0, 0.1) is 0 Å². The van der Waals surface area contributed by atoms with Crippen LogP contribution in [0.1, 0.15) is 72.3 Å². The van der Waals surface area contributed by atoms with Gasteiger partial charge in [-0.3, -0.25) is 14.4 Å². The van der Waals surface area contributed by atoms with Crippen molar-refractivity contribution in [2.75, 3.05) is 46.2 Å². The van der Waals surface area contributed by atoms with Crippen molar-refractivity contribution in [1.82, 2.24) is 0 Å². The van der Waals surface area contributed by atoms with E-state index in [4.69, 9.17) is 33.6 Å². The van der Waals surface area contributed by atoms with E-state index >= 15 is 0 Å². The summed E-state index contributed by atoms with van der Waals surface area (Å²) in [5.41, 5.74) is 0. The van der Waals surface area contributed by atoms with Crippen LogP contribution in [0.2, 0.25) is 0 Å². The van der Waals surface area contributed by atoms with Crippen molar-refractivity contribution in [3.05, 3.63) is 0 Å². The minimum atomic E-state index is -0.833. The minimum Gasteiger partial charge on any atom is -0.481 e. The van der Waals surface area contributed by atoms with Gasteiger partial charge in [0.1, 0.15) is 19.3 Å². The second-order valence-electron chi connectivity index (χ2n) is 4.43. The van der Waals surface area contributed by atoms with E-state index in [-0.39, 0.29) is 75.8 Å². The molecule has 0 radical (unpaired) electrons. The number of carbonyl (C=O) groups excluding carboxylic acids is 2. The molecule has 0 aromatic heterocycles. The number of ether oxygens (including phenoxy) is 5. The molecule has 0 aromatic carbocycles. The summed E-state index contributed by atoms with van der Waals surface area (Å²) in [7, 11) is 0. The van der Waals surface area contributed by atoms with E-state index in [1.54, 1.807) is 0 Å². The third-order valence-electron chi connectivity index (χ3n) is 2.08. The van der Waals surface area contributed by atoms with E-state index in [9.17, 15) is 9.59 Å². The molecule has 0 aliphatic rings. The van der Waals surface area contributed by atoms with Gasteiger partial charge in [0.05, 0.1) is 26.4 Å². The first kappa shape index (κ1) is 51.2. The van der Waals surface area contributed by atoms with E-state index in [2.05, 4.69) is 0 Å². The van der Waals surface area contributed by atoms with Gasteiger partial charge in [0, 0.05) is 27.4 Å². The summed E-state index contributed by atoms with van der Waals surface area (Å²) in [5, 5.41) is 7.42. The fourth-order valence-electron chi connectivity index (χ4n) is 1.30. The van der Waals surface area contributed by atoms with E-state index in [0.29, 0.717) is 33.0 Å². The number of rotatable bonds is 12. The second kappa shape index (κ2) is 38.0. The van der Waals surface area contributed by atoms with Crippen LogP contribution in [0.5, 0.6) is 0 Å². The number of carboxylic acids is 1. The highest BCUT2D eigenvalue weighted by molar-refractivity contribution is 5.66. The molecule has 0 spiro atoms. The quantitative estimate of drug-likeness (QED) is 0.341. The van der Waals surface area contributed by atoms with E-state index in [0.717, 1.165) is 6.92 Å². The number of carbonyl (C=O) groups is 3. The Kier molecular flexibility index (Phi) is 64.8. The third-order valence-corrected chi connectivity index (χ3v) is 2.08. The highest BCUT2D eigenvalue weighted by atomic mass is 16.6. The van der Waals surface area contributed by atoms with Crippen molar-refractivity contribution >= 4 is 17.9 Å². The van der Waals surface area contributed by atoms with Crippen molar-refractivity contribution in [3.63, 3.8) is 0 Å². The maximum atomic E-state index is 10.5. The molecule has 0 bridgehead atoms. The van der Waals surface area contributed by atoms with Gasteiger partial charge in [-0.25, -0.2) is 0 Å². The summed E-state index contributed by atoms with van der Waals surface area (Å²) in [6.45, 7) is 7.98. The predicted molar refractivity (Wildman–Crippen MR) is 124 cm³/mol. The van der Waals surface area contributed by atoms with E-state index < -0.39 is 5.97 Å². The van der Waals surface area contributed by atoms with E-state index in [1.807, 2.05) is 6.92 Å². The Bertz CT molecular complexity index is 319. The molecule has 0 fully saturated rings. The first-order chi connectivity index (χ1) is 11.3. The summed E-state index contributed by atoms with van der Waals surface area (Å²) >= 11 is 0. The normalized spacial score (nSPS) is 7.90. The molecule has 9 heteroatoms. The number of carboxylic acid groups (broad SMARTS) is 1. The van der Waals surface area contributed by atoms with Gasteiger partial charge in [-0.05, 0) is 6.92 Å². The molecule has 0 saturated heterocycles. The van der Waals surface area contributed by atoms with Crippen molar-refractivity contribution in [3.8, 4) is 0 Å². The Hall–Kier alpha value is -1.71. The fourth-order valence-corrected chi connectivity index (χ4v) is 1.30. The second-order valence-corrected chi connectivity index (χ2v) is 4.43. The van der Waals surface area contributed by atoms with Crippen molar-refractivity contribution < 1.29 is 43.2 Å². The number of esters is 2. The average Bonchev–Trinajstić information content (AvgIpc) is 2.45. The topological polar surface area (TPSA) is 118 Å². The molecule has 0 saturated carbocycles. The molecule has 1 N–H and O–H groups in total. The van der Waals surface area contributed by atoms with Crippen LogP contribution >= 0.6 is 0 Å². The highest BCUT2D eigenvalue weighted by Crippen LogP contribution is 1.96. The largest absolute Gasteiger partial charge is 0.481 e. The highest BCUT2D eigenvalue weighted by Gasteiger charge is 2.09. The lowest BCUT2D eigenvalue weighted by atomic mass is 10.4. The summed E-state index contributed by atoms with van der Waals surface area (Å²) in [6, 6.07) is 0.